The van der Waals surface area contributed by atoms with Crippen molar-refractivity contribution in [2.45, 2.75) is 36.8 Å². The number of hydrogen-bond acceptors (Lipinski definition) is 4. The van der Waals surface area contributed by atoms with Gasteiger partial charge in [0, 0.05) is 22.2 Å². The standard InChI is InChI=1S/C19H23Cl2F8N5O2SSi/c1-33(2)10-30-17-14(31-18(35)36-6-7-38(3,4)5)16(19(22,23)24)32-34(17)15-12(20)8-11(9-13(15)21)37(25,26,27,28)29/h8-10H,6-7H2,1-5H3,(H,31,35)/b30-10+. The van der Waals surface area contributed by atoms with Crippen molar-refractivity contribution in [2.24, 2.45) is 4.99 Å². The summed E-state index contributed by atoms with van der Waals surface area (Å²) < 4.78 is 113. The summed E-state index contributed by atoms with van der Waals surface area (Å²) in [6.45, 7) is 5.83. The minimum absolute atomic E-state index is 0.0964. The van der Waals surface area contributed by atoms with Crippen LogP contribution >= 0.6 is 33.4 Å². The van der Waals surface area contributed by atoms with Crippen molar-refractivity contribution in [2.75, 3.05) is 26.0 Å². The molecule has 1 aromatic heterocycles. The van der Waals surface area contributed by atoms with Crippen LogP contribution in [-0.4, -0.2) is 55.9 Å². The van der Waals surface area contributed by atoms with Gasteiger partial charge in [-0.25, -0.2) is 14.5 Å². The van der Waals surface area contributed by atoms with Gasteiger partial charge in [-0.15, -0.1) is 0 Å². The molecule has 2 rings (SSSR count). The molecule has 19 heteroatoms. The Kier molecular flexibility index (Phi) is 8.20. The van der Waals surface area contributed by atoms with Gasteiger partial charge in [-0.05, 0) is 18.2 Å². The van der Waals surface area contributed by atoms with Crippen LogP contribution in [0.3, 0.4) is 0 Å². The SMILES string of the molecule is CN(C)/C=N/c1c(NC(=O)OCC[Si](C)(C)C)c(C(F)(F)F)nn1-c1c(Cl)cc(S(F)(F)(F)(F)F)cc1Cl. The number of hydrogen-bond donors (Lipinski definition) is 1. The molecule has 0 radical (unpaired) electrons. The lowest BCUT2D eigenvalue weighted by molar-refractivity contribution is -0.140. The van der Waals surface area contributed by atoms with E-state index in [1.807, 2.05) is 25.0 Å². The van der Waals surface area contributed by atoms with Crippen LogP contribution in [0.25, 0.3) is 5.69 Å². The molecule has 216 valence electrons. The highest BCUT2D eigenvalue weighted by atomic mass is 35.5. The first-order valence-corrected chi connectivity index (χ1v) is 16.8. The van der Waals surface area contributed by atoms with E-state index < -0.39 is 68.4 Å². The van der Waals surface area contributed by atoms with E-state index >= 15 is 0 Å². The smallest absolute Gasteiger partial charge is 0.437 e. The van der Waals surface area contributed by atoms with Crippen molar-refractivity contribution >= 4 is 65.4 Å². The number of aliphatic imine (C=N–C) groups is 1. The Bertz CT molecular complexity index is 1240. The number of aromatic nitrogens is 2. The number of anilines is 1. The van der Waals surface area contributed by atoms with Gasteiger partial charge in [-0.2, -0.15) is 18.3 Å². The average Bonchev–Trinajstić information content (AvgIpc) is 3.01. The number of nitrogens with one attached hydrogen (secondary N) is 1. The van der Waals surface area contributed by atoms with Gasteiger partial charge < -0.3 is 9.64 Å². The van der Waals surface area contributed by atoms with Crippen LogP contribution in [0, 0.1) is 0 Å². The van der Waals surface area contributed by atoms with Crippen LogP contribution in [0.4, 0.5) is 48.9 Å². The lowest BCUT2D eigenvalue weighted by Crippen LogP contribution is -2.24. The fraction of sp³-hybridized carbons (Fsp3) is 0.421. The number of amides is 1. The van der Waals surface area contributed by atoms with Gasteiger partial charge in [0.25, 0.3) is 0 Å². The highest BCUT2D eigenvalue weighted by molar-refractivity contribution is 8.45. The second kappa shape index (κ2) is 9.74. The molecule has 0 aliphatic rings. The molecule has 0 unspecified atom stereocenters. The highest BCUT2D eigenvalue weighted by Crippen LogP contribution is 3.02. The van der Waals surface area contributed by atoms with Crippen LogP contribution in [0.15, 0.2) is 22.0 Å². The number of carbonyl (C=O) groups excluding carboxylic acids is 1. The van der Waals surface area contributed by atoms with Gasteiger partial charge in [0.2, 0.25) is 0 Å². The average molecular weight is 636 g/mol. The predicted molar refractivity (Wildman–Crippen MR) is 135 cm³/mol. The fourth-order valence-corrected chi connectivity index (χ4v) is 4.90. The second-order valence-electron chi connectivity index (χ2n) is 9.44. The Morgan fingerprint density at radius 2 is 1.68 bits per heavy atom. The van der Waals surface area contributed by atoms with Crippen molar-refractivity contribution in [1.29, 1.82) is 0 Å². The van der Waals surface area contributed by atoms with Crippen LogP contribution in [-0.2, 0) is 10.9 Å². The molecule has 38 heavy (non-hydrogen) atoms. The molecule has 0 aliphatic carbocycles. The van der Waals surface area contributed by atoms with Gasteiger partial charge in [0.05, 0.1) is 23.0 Å². The number of ether oxygens (including phenoxy) is 1. The van der Waals surface area contributed by atoms with E-state index in [-0.39, 0.29) is 18.7 Å². The summed E-state index contributed by atoms with van der Waals surface area (Å²) in [4.78, 5) is 15.0. The third-order valence-corrected chi connectivity index (χ3v) is 7.91. The molecule has 2 aromatic rings. The lowest BCUT2D eigenvalue weighted by atomic mass is 10.3. The summed E-state index contributed by atoms with van der Waals surface area (Å²) in [6, 6.07) is 0.133. The van der Waals surface area contributed by atoms with E-state index in [1.165, 1.54) is 19.0 Å². The Hall–Kier alpha value is -2.24. The molecule has 0 saturated carbocycles. The molecule has 0 saturated heterocycles. The third kappa shape index (κ3) is 8.38. The number of carbonyl (C=O) groups is 1. The van der Waals surface area contributed by atoms with E-state index in [9.17, 15) is 37.4 Å². The maximum Gasteiger partial charge on any atom is 0.437 e. The largest absolute Gasteiger partial charge is 0.450 e. The van der Waals surface area contributed by atoms with E-state index in [0.717, 1.165) is 6.34 Å². The summed E-state index contributed by atoms with van der Waals surface area (Å²) in [5, 5.41) is 3.01. The van der Waals surface area contributed by atoms with E-state index in [0.29, 0.717) is 10.7 Å². The Morgan fingerprint density at radius 3 is 2.11 bits per heavy atom. The lowest BCUT2D eigenvalue weighted by Gasteiger charge is -2.40. The monoisotopic (exact) mass is 635 g/mol. The predicted octanol–water partition coefficient (Wildman–Crippen LogP) is 8.96. The number of halogens is 10. The van der Waals surface area contributed by atoms with E-state index in [4.69, 9.17) is 27.9 Å². The van der Waals surface area contributed by atoms with Crippen molar-refractivity contribution in [1.82, 2.24) is 14.7 Å². The molecule has 0 aliphatic heterocycles. The molecule has 1 amide bonds. The highest BCUT2D eigenvalue weighted by Gasteiger charge is 2.65. The van der Waals surface area contributed by atoms with Crippen LogP contribution in [0.5, 0.6) is 0 Å². The number of rotatable bonds is 8. The Labute approximate surface area is 223 Å². The maximum atomic E-state index is 13.9. The molecular weight excluding hydrogens is 613 g/mol. The van der Waals surface area contributed by atoms with E-state index in [1.54, 1.807) is 0 Å². The zero-order valence-electron chi connectivity index (χ0n) is 20.4. The van der Waals surface area contributed by atoms with Crippen molar-refractivity contribution in [3.05, 3.63) is 27.9 Å². The Morgan fingerprint density at radius 1 is 1.16 bits per heavy atom. The second-order valence-corrected chi connectivity index (χ2v) is 18.3. The first-order chi connectivity index (χ1) is 16.8. The number of nitrogens with zero attached hydrogens (tertiary/aromatic N) is 4. The van der Waals surface area contributed by atoms with E-state index in [2.05, 4.69) is 10.1 Å². The minimum Gasteiger partial charge on any atom is -0.450 e. The summed E-state index contributed by atoms with van der Waals surface area (Å²) in [5.74, 6) is -0.780. The van der Waals surface area contributed by atoms with Crippen molar-refractivity contribution in [3.63, 3.8) is 0 Å². The molecule has 0 fully saturated rings. The molecule has 1 heterocycles. The zero-order valence-corrected chi connectivity index (χ0v) is 23.8. The molecule has 1 N–H and O–H groups in total. The minimum atomic E-state index is -10.3. The summed E-state index contributed by atoms with van der Waals surface area (Å²) in [7, 11) is -9.04. The zero-order chi connectivity index (χ0) is 29.5. The summed E-state index contributed by atoms with van der Waals surface area (Å²) >= 11 is 11.6. The first-order valence-electron chi connectivity index (χ1n) is 10.4. The first kappa shape index (κ1) is 32.0. The normalized spacial score (nSPS) is 14.8. The van der Waals surface area contributed by atoms with Crippen LogP contribution < -0.4 is 5.32 Å². The molecule has 0 spiro atoms. The summed E-state index contributed by atoms with van der Waals surface area (Å²) in [6.07, 6.45) is -5.53. The van der Waals surface area contributed by atoms with Gasteiger partial charge >= 0.3 is 22.5 Å². The maximum absolute atomic E-state index is 13.9. The Balaban J connectivity index is 2.76. The third-order valence-electron chi connectivity index (χ3n) is 4.50. The molecule has 0 bridgehead atoms. The molecule has 7 nitrogen and oxygen atoms in total. The quantitative estimate of drug-likeness (QED) is 0.136. The molecule has 0 atom stereocenters. The topological polar surface area (TPSA) is 71.8 Å². The van der Waals surface area contributed by atoms with Crippen LogP contribution in [0.2, 0.25) is 35.7 Å². The van der Waals surface area contributed by atoms with Gasteiger partial charge in [-0.3, -0.25) is 5.32 Å². The fourth-order valence-electron chi connectivity index (χ4n) is 2.72. The molecular formula is C19H23Cl2F8N5O2SSi. The van der Waals surface area contributed by atoms with Gasteiger partial charge in [0.15, 0.2) is 11.5 Å². The summed E-state index contributed by atoms with van der Waals surface area (Å²) in [5.41, 5.74) is -3.58. The van der Waals surface area contributed by atoms with Gasteiger partial charge in [-0.1, -0.05) is 62.3 Å². The number of alkyl halides is 3. The van der Waals surface area contributed by atoms with Gasteiger partial charge in [0.1, 0.15) is 16.3 Å². The van der Waals surface area contributed by atoms with Crippen molar-refractivity contribution in [3.8, 4) is 5.69 Å². The number of benzene rings is 1. The van der Waals surface area contributed by atoms with Crippen LogP contribution in [0.1, 0.15) is 5.69 Å². The molecule has 1 aromatic carbocycles. The van der Waals surface area contributed by atoms with Crippen molar-refractivity contribution < 1.29 is 42.1 Å².